The molecule has 1 unspecified atom stereocenters. The van der Waals surface area contributed by atoms with Crippen molar-refractivity contribution in [2.45, 2.75) is 58.5 Å². The average Bonchev–Trinajstić information content (AvgIpc) is 3.57. The molecule has 1 atom stereocenters. The van der Waals surface area contributed by atoms with Crippen LogP contribution in [-0.2, 0) is 24.2 Å². The molecule has 1 aliphatic heterocycles. The van der Waals surface area contributed by atoms with Crippen molar-refractivity contribution in [1.82, 2.24) is 25.5 Å². The zero-order chi connectivity index (χ0) is 23.0. The molecule has 0 spiro atoms. The molecule has 0 bridgehead atoms. The summed E-state index contributed by atoms with van der Waals surface area (Å²) in [6.07, 6.45) is 12.0. The van der Waals surface area contributed by atoms with E-state index in [4.69, 9.17) is 0 Å². The van der Waals surface area contributed by atoms with Crippen LogP contribution in [0.15, 0.2) is 42.9 Å². The minimum absolute atomic E-state index is 0.238. The van der Waals surface area contributed by atoms with Gasteiger partial charge >= 0.3 is 0 Å². The second-order valence-electron chi connectivity index (χ2n) is 8.49. The van der Waals surface area contributed by atoms with Crippen molar-refractivity contribution in [1.29, 1.82) is 0 Å². The molecular weight excluding hydrogens is 432 g/mol. The van der Waals surface area contributed by atoms with E-state index in [1.807, 2.05) is 24.5 Å². The molecule has 0 saturated heterocycles. The van der Waals surface area contributed by atoms with Crippen LogP contribution in [0.5, 0.6) is 0 Å². The molecule has 0 saturated carbocycles. The third-order valence-electron chi connectivity index (χ3n) is 6.03. The number of aromatic nitrogens is 4. The lowest BCUT2D eigenvalue weighted by atomic mass is 10.0. The number of carbonyl (C=O) groups excluding carboxylic acids is 1. The highest BCUT2D eigenvalue weighted by Gasteiger charge is 2.19. The maximum absolute atomic E-state index is 10.7. The van der Waals surface area contributed by atoms with Gasteiger partial charge in [-0.05, 0) is 31.4 Å². The Morgan fingerprint density at radius 3 is 2.97 bits per heavy atom. The molecule has 1 amide bonds. The first-order valence-corrected chi connectivity index (χ1v) is 12.4. The van der Waals surface area contributed by atoms with Crippen molar-refractivity contribution >= 4 is 33.8 Å². The Balaban J connectivity index is 0.000000159. The van der Waals surface area contributed by atoms with Crippen LogP contribution in [0.1, 0.15) is 47.9 Å². The first kappa shape index (κ1) is 23.0. The first-order chi connectivity index (χ1) is 16.2. The van der Waals surface area contributed by atoms with E-state index in [1.54, 1.807) is 11.3 Å². The van der Waals surface area contributed by atoms with E-state index in [2.05, 4.69) is 62.6 Å². The van der Waals surface area contributed by atoms with Crippen LogP contribution >= 0.6 is 11.3 Å². The molecule has 4 heterocycles. The molecule has 3 N–H and O–H groups in total. The number of hydrogen-bond acceptors (Lipinski definition) is 5. The Bertz CT molecular complexity index is 1160. The largest absolute Gasteiger partial charge is 0.361 e. The van der Waals surface area contributed by atoms with Crippen molar-refractivity contribution < 1.29 is 4.79 Å². The van der Waals surface area contributed by atoms with Crippen LogP contribution in [0.2, 0.25) is 0 Å². The molecule has 0 radical (unpaired) electrons. The normalized spacial score (nSPS) is 13.8. The summed E-state index contributed by atoms with van der Waals surface area (Å²) in [4.78, 5) is 21.9. The topological polar surface area (TPSA) is 89.7 Å². The summed E-state index contributed by atoms with van der Waals surface area (Å²) in [7, 11) is 0. The monoisotopic (exact) mass is 464 g/mol. The fourth-order valence-electron chi connectivity index (χ4n) is 4.23. The van der Waals surface area contributed by atoms with Gasteiger partial charge in [-0.1, -0.05) is 38.0 Å². The average molecular weight is 465 g/mol. The number of anilines is 1. The number of para-hydroxylation sites is 1. The quantitative estimate of drug-likeness (QED) is 0.328. The third-order valence-corrected chi connectivity index (χ3v) is 7.00. The van der Waals surface area contributed by atoms with Gasteiger partial charge in [0.15, 0.2) is 5.13 Å². The second-order valence-corrected chi connectivity index (χ2v) is 9.70. The zero-order valence-electron chi connectivity index (χ0n) is 19.3. The van der Waals surface area contributed by atoms with Gasteiger partial charge in [0.25, 0.3) is 0 Å². The molecule has 1 aromatic carbocycles. The van der Waals surface area contributed by atoms with Crippen molar-refractivity contribution in [3.63, 3.8) is 0 Å². The molecule has 3 aromatic heterocycles. The van der Waals surface area contributed by atoms with E-state index >= 15 is 0 Å². The van der Waals surface area contributed by atoms with E-state index in [0.29, 0.717) is 0 Å². The summed E-state index contributed by atoms with van der Waals surface area (Å²) < 4.78 is 0. The molecule has 0 aliphatic carbocycles. The van der Waals surface area contributed by atoms with E-state index in [9.17, 15) is 4.79 Å². The van der Waals surface area contributed by atoms with Crippen LogP contribution in [0, 0.1) is 6.92 Å². The van der Waals surface area contributed by atoms with E-state index in [1.165, 1.54) is 27.1 Å². The number of H-pyrrole nitrogens is 2. The third kappa shape index (κ3) is 5.82. The van der Waals surface area contributed by atoms with Crippen molar-refractivity contribution in [3.05, 3.63) is 64.6 Å². The molecule has 8 heteroatoms. The number of aromatic amines is 2. The number of amides is 1. The maximum atomic E-state index is 10.7. The molecule has 4 aromatic rings. The number of unbranched alkanes of at least 4 members (excludes halogenated alkanes) is 1. The predicted octanol–water partition coefficient (Wildman–Crippen LogP) is 4.75. The lowest BCUT2D eigenvalue weighted by Gasteiger charge is -2.25. The van der Waals surface area contributed by atoms with Gasteiger partial charge in [0.05, 0.1) is 6.20 Å². The highest BCUT2D eigenvalue weighted by atomic mass is 32.1. The molecule has 7 nitrogen and oxygen atoms in total. The Kier molecular flexibility index (Phi) is 7.78. The number of benzene rings is 1. The van der Waals surface area contributed by atoms with Crippen LogP contribution in [0.3, 0.4) is 0 Å². The van der Waals surface area contributed by atoms with Gasteiger partial charge in [0.2, 0.25) is 6.41 Å². The number of fused-ring (bicyclic) bond motifs is 2. The molecular formula is C25H32N6OS. The lowest BCUT2D eigenvalue weighted by Crippen LogP contribution is -2.29. The van der Waals surface area contributed by atoms with Gasteiger partial charge in [-0.15, -0.1) is 11.3 Å². The first-order valence-electron chi connectivity index (χ1n) is 11.6. The SMILES string of the molecule is CCCCC(Cc1c[nH]c2ccccc12)NC=O.Cc1cnc(N2CCc3[nH]ncc3C2)s1. The van der Waals surface area contributed by atoms with Gasteiger partial charge < -0.3 is 15.2 Å². The Labute approximate surface area is 198 Å². The number of aryl methyl sites for hydroxylation is 1. The van der Waals surface area contributed by atoms with Gasteiger partial charge in [-0.2, -0.15) is 5.10 Å². The second kappa shape index (κ2) is 11.1. The molecule has 5 rings (SSSR count). The number of nitrogens with zero attached hydrogens (tertiary/aromatic N) is 3. The highest BCUT2D eigenvalue weighted by molar-refractivity contribution is 7.15. The Morgan fingerprint density at radius 2 is 2.18 bits per heavy atom. The summed E-state index contributed by atoms with van der Waals surface area (Å²) >= 11 is 1.76. The predicted molar refractivity (Wildman–Crippen MR) is 135 cm³/mol. The number of hydrogen-bond donors (Lipinski definition) is 3. The van der Waals surface area contributed by atoms with Crippen molar-refractivity contribution in [2.24, 2.45) is 0 Å². The molecule has 1 aliphatic rings. The molecule has 174 valence electrons. The van der Waals surface area contributed by atoms with Gasteiger partial charge in [-0.3, -0.25) is 9.89 Å². The van der Waals surface area contributed by atoms with Crippen molar-refractivity contribution in [2.75, 3.05) is 11.4 Å². The minimum Gasteiger partial charge on any atom is -0.361 e. The fourth-order valence-corrected chi connectivity index (χ4v) is 5.02. The number of thiazole rings is 1. The standard InChI is InChI=1S/C15H20N2O.C10H12N4S/c1-2-3-6-13(17-11-18)9-12-10-16-15-8-5-4-7-14(12)15;1-7-4-11-10(15-7)14-3-2-9-8(6-14)5-12-13-9/h4-5,7-8,10-11,13,16H,2-3,6,9H2,1H3,(H,17,18);4-5H,2-3,6H2,1H3,(H,12,13). The van der Waals surface area contributed by atoms with Crippen LogP contribution in [0.25, 0.3) is 10.9 Å². The summed E-state index contributed by atoms with van der Waals surface area (Å²) in [6, 6.07) is 8.52. The number of carbonyl (C=O) groups is 1. The zero-order valence-corrected chi connectivity index (χ0v) is 20.1. The lowest BCUT2D eigenvalue weighted by molar-refractivity contribution is -0.110. The summed E-state index contributed by atoms with van der Waals surface area (Å²) in [6.45, 7) is 6.22. The summed E-state index contributed by atoms with van der Waals surface area (Å²) in [5.74, 6) is 0. The van der Waals surface area contributed by atoms with E-state index in [-0.39, 0.29) is 6.04 Å². The van der Waals surface area contributed by atoms with Crippen LogP contribution < -0.4 is 10.2 Å². The maximum Gasteiger partial charge on any atom is 0.207 e. The van der Waals surface area contributed by atoms with E-state index < -0.39 is 0 Å². The molecule has 0 fully saturated rings. The van der Waals surface area contributed by atoms with Crippen molar-refractivity contribution in [3.8, 4) is 0 Å². The van der Waals surface area contributed by atoms with Gasteiger partial charge in [0, 0.05) is 65.0 Å². The Hall–Kier alpha value is -3.13. The van der Waals surface area contributed by atoms with Gasteiger partial charge in [-0.25, -0.2) is 4.98 Å². The van der Waals surface area contributed by atoms with E-state index in [0.717, 1.165) is 62.3 Å². The van der Waals surface area contributed by atoms with Gasteiger partial charge in [0.1, 0.15) is 0 Å². The minimum atomic E-state index is 0.238. The van der Waals surface area contributed by atoms with Crippen LogP contribution in [-0.4, -0.2) is 39.2 Å². The summed E-state index contributed by atoms with van der Waals surface area (Å²) in [5.41, 5.74) is 5.02. The highest BCUT2D eigenvalue weighted by Crippen LogP contribution is 2.26. The number of nitrogens with one attached hydrogen (secondary N) is 3. The van der Waals surface area contributed by atoms with Crippen LogP contribution in [0.4, 0.5) is 5.13 Å². The Morgan fingerprint density at radius 1 is 1.30 bits per heavy atom. The summed E-state index contributed by atoms with van der Waals surface area (Å²) in [5, 5.41) is 12.4. The number of rotatable bonds is 8. The fraction of sp³-hybridized carbons (Fsp3) is 0.400. The molecule has 33 heavy (non-hydrogen) atoms. The smallest absolute Gasteiger partial charge is 0.207 e.